The standard InChI is InChI=1S/C16H16N2O2/c17-11-13-8-10-16(9-4-7-14(16)19)15(20)18(13)12-5-2-1-3-6-12/h1-3,5-6,13H,4,7-10H2. The first-order valence-corrected chi connectivity index (χ1v) is 7.01. The number of ketones is 1. The van der Waals surface area contributed by atoms with Gasteiger partial charge in [0.1, 0.15) is 17.2 Å². The molecule has 1 heterocycles. The highest BCUT2D eigenvalue weighted by molar-refractivity contribution is 6.14. The van der Waals surface area contributed by atoms with Gasteiger partial charge in [-0.15, -0.1) is 0 Å². The summed E-state index contributed by atoms with van der Waals surface area (Å²) in [5.74, 6) is -0.121. The lowest BCUT2D eigenvalue weighted by Crippen LogP contribution is -2.55. The number of hydrogen-bond acceptors (Lipinski definition) is 3. The van der Waals surface area contributed by atoms with Crippen molar-refractivity contribution in [1.29, 1.82) is 5.26 Å². The normalized spacial score (nSPS) is 29.8. The number of benzene rings is 1. The molecule has 1 spiro atoms. The largest absolute Gasteiger partial charge is 0.299 e. The van der Waals surface area contributed by atoms with Gasteiger partial charge in [0, 0.05) is 12.1 Å². The van der Waals surface area contributed by atoms with E-state index in [1.54, 1.807) is 0 Å². The van der Waals surface area contributed by atoms with E-state index in [2.05, 4.69) is 6.07 Å². The number of nitrogens with zero attached hydrogens (tertiary/aromatic N) is 2. The van der Waals surface area contributed by atoms with Gasteiger partial charge >= 0.3 is 0 Å². The fraction of sp³-hybridized carbons (Fsp3) is 0.438. The monoisotopic (exact) mass is 268 g/mol. The van der Waals surface area contributed by atoms with Gasteiger partial charge in [0.05, 0.1) is 6.07 Å². The van der Waals surface area contributed by atoms with E-state index < -0.39 is 11.5 Å². The van der Waals surface area contributed by atoms with Crippen molar-refractivity contribution in [2.24, 2.45) is 5.41 Å². The van der Waals surface area contributed by atoms with Gasteiger partial charge in [0.15, 0.2) is 0 Å². The van der Waals surface area contributed by atoms with Gasteiger partial charge < -0.3 is 0 Å². The van der Waals surface area contributed by atoms with Gasteiger partial charge in [-0.1, -0.05) is 18.2 Å². The average molecular weight is 268 g/mol. The molecule has 1 saturated carbocycles. The minimum Gasteiger partial charge on any atom is -0.299 e. The second kappa shape index (κ2) is 4.75. The quantitative estimate of drug-likeness (QED) is 0.735. The van der Waals surface area contributed by atoms with Gasteiger partial charge in [0.2, 0.25) is 5.91 Å². The highest BCUT2D eigenvalue weighted by Crippen LogP contribution is 2.45. The molecule has 1 aliphatic heterocycles. The third kappa shape index (κ3) is 1.74. The van der Waals surface area contributed by atoms with E-state index >= 15 is 0 Å². The van der Waals surface area contributed by atoms with E-state index in [1.807, 2.05) is 30.3 Å². The Hall–Kier alpha value is -2.15. The Morgan fingerprint density at radius 3 is 2.55 bits per heavy atom. The van der Waals surface area contributed by atoms with Crippen molar-refractivity contribution in [3.05, 3.63) is 30.3 Å². The molecule has 1 aromatic carbocycles. The van der Waals surface area contributed by atoms with Crippen LogP contribution in [0.5, 0.6) is 0 Å². The fourth-order valence-corrected chi connectivity index (χ4v) is 3.42. The zero-order valence-electron chi connectivity index (χ0n) is 11.2. The van der Waals surface area contributed by atoms with Crippen LogP contribution >= 0.6 is 0 Å². The number of carbonyl (C=O) groups excluding carboxylic acids is 2. The van der Waals surface area contributed by atoms with Crippen LogP contribution in [-0.2, 0) is 9.59 Å². The molecular formula is C16H16N2O2. The molecule has 1 aromatic rings. The predicted molar refractivity (Wildman–Crippen MR) is 73.9 cm³/mol. The number of nitriles is 1. The maximum absolute atomic E-state index is 12.9. The molecule has 3 rings (SSSR count). The summed E-state index contributed by atoms with van der Waals surface area (Å²) in [6.07, 6.45) is 3.00. The molecule has 1 amide bonds. The second-order valence-corrected chi connectivity index (χ2v) is 5.55. The molecule has 102 valence electrons. The lowest BCUT2D eigenvalue weighted by Gasteiger charge is -2.41. The molecule has 4 heteroatoms. The number of para-hydroxylation sites is 1. The summed E-state index contributed by atoms with van der Waals surface area (Å²) in [7, 11) is 0. The number of piperidine rings is 1. The molecule has 1 saturated heterocycles. The van der Waals surface area contributed by atoms with E-state index in [0.29, 0.717) is 31.4 Å². The van der Waals surface area contributed by atoms with Crippen LogP contribution in [0.15, 0.2) is 30.3 Å². The fourth-order valence-electron chi connectivity index (χ4n) is 3.42. The summed E-state index contributed by atoms with van der Waals surface area (Å²) in [6, 6.07) is 10.9. The summed E-state index contributed by atoms with van der Waals surface area (Å²) >= 11 is 0. The van der Waals surface area contributed by atoms with Crippen molar-refractivity contribution in [2.75, 3.05) is 4.90 Å². The van der Waals surface area contributed by atoms with E-state index in [4.69, 9.17) is 0 Å². The molecule has 0 N–H and O–H groups in total. The molecular weight excluding hydrogens is 252 g/mol. The molecule has 2 fully saturated rings. The zero-order chi connectivity index (χ0) is 14.2. The van der Waals surface area contributed by atoms with Crippen molar-refractivity contribution >= 4 is 17.4 Å². The summed E-state index contributed by atoms with van der Waals surface area (Å²) in [6.45, 7) is 0. The Kier molecular flexibility index (Phi) is 3.06. The van der Waals surface area contributed by atoms with Gasteiger partial charge in [0.25, 0.3) is 0 Å². The second-order valence-electron chi connectivity index (χ2n) is 5.55. The molecule has 0 radical (unpaired) electrons. The van der Waals surface area contributed by atoms with Crippen LogP contribution in [0.1, 0.15) is 32.1 Å². The van der Waals surface area contributed by atoms with Crippen LogP contribution in [0.25, 0.3) is 0 Å². The Morgan fingerprint density at radius 2 is 1.95 bits per heavy atom. The minimum atomic E-state index is -0.858. The minimum absolute atomic E-state index is 0.0554. The van der Waals surface area contributed by atoms with Crippen LogP contribution in [0.3, 0.4) is 0 Å². The van der Waals surface area contributed by atoms with Crippen molar-refractivity contribution in [3.8, 4) is 6.07 Å². The van der Waals surface area contributed by atoms with Gasteiger partial charge in [-0.3, -0.25) is 14.5 Å². The zero-order valence-corrected chi connectivity index (χ0v) is 11.2. The van der Waals surface area contributed by atoms with E-state index in [9.17, 15) is 14.9 Å². The maximum Gasteiger partial charge on any atom is 0.241 e. The molecule has 2 unspecified atom stereocenters. The molecule has 1 aliphatic carbocycles. The Balaban J connectivity index is 2.03. The molecule has 20 heavy (non-hydrogen) atoms. The summed E-state index contributed by atoms with van der Waals surface area (Å²) < 4.78 is 0. The van der Waals surface area contributed by atoms with E-state index in [-0.39, 0.29) is 11.7 Å². The maximum atomic E-state index is 12.9. The lowest BCUT2D eigenvalue weighted by atomic mass is 9.74. The number of Topliss-reactive ketones (excluding diaryl/α,β-unsaturated/α-hetero) is 1. The smallest absolute Gasteiger partial charge is 0.241 e. The average Bonchev–Trinajstić information content (AvgIpc) is 2.85. The highest BCUT2D eigenvalue weighted by atomic mass is 16.2. The number of amides is 1. The summed E-state index contributed by atoms with van der Waals surface area (Å²) in [4.78, 5) is 26.6. The first-order chi connectivity index (χ1) is 9.69. The summed E-state index contributed by atoms with van der Waals surface area (Å²) in [5.41, 5.74) is -0.147. The molecule has 4 nitrogen and oxygen atoms in total. The number of anilines is 1. The summed E-state index contributed by atoms with van der Waals surface area (Å²) in [5, 5.41) is 9.31. The molecule has 2 aliphatic rings. The SMILES string of the molecule is N#CC1CCC2(CCCC2=O)C(=O)N1c1ccccc1. The van der Waals surface area contributed by atoms with Crippen LogP contribution in [0, 0.1) is 16.7 Å². The van der Waals surface area contributed by atoms with E-state index in [0.717, 1.165) is 6.42 Å². The third-order valence-electron chi connectivity index (χ3n) is 4.51. The van der Waals surface area contributed by atoms with Crippen LogP contribution in [0.2, 0.25) is 0 Å². The Morgan fingerprint density at radius 1 is 1.20 bits per heavy atom. The van der Waals surface area contributed by atoms with Gasteiger partial charge in [-0.2, -0.15) is 5.26 Å². The molecule has 0 aromatic heterocycles. The first kappa shape index (κ1) is 12.9. The number of hydrogen-bond donors (Lipinski definition) is 0. The number of carbonyl (C=O) groups is 2. The first-order valence-electron chi connectivity index (χ1n) is 7.01. The van der Waals surface area contributed by atoms with Crippen LogP contribution in [0.4, 0.5) is 5.69 Å². The van der Waals surface area contributed by atoms with Crippen molar-refractivity contribution < 1.29 is 9.59 Å². The topological polar surface area (TPSA) is 61.2 Å². The Labute approximate surface area is 118 Å². The Bertz CT molecular complexity index is 590. The van der Waals surface area contributed by atoms with Gasteiger partial charge in [-0.25, -0.2) is 0 Å². The molecule has 0 bridgehead atoms. The van der Waals surface area contributed by atoms with Crippen LogP contribution in [-0.4, -0.2) is 17.7 Å². The molecule has 2 atom stereocenters. The van der Waals surface area contributed by atoms with Crippen LogP contribution < -0.4 is 4.90 Å². The van der Waals surface area contributed by atoms with E-state index in [1.165, 1.54) is 4.90 Å². The van der Waals surface area contributed by atoms with Crippen molar-refractivity contribution in [3.63, 3.8) is 0 Å². The highest BCUT2D eigenvalue weighted by Gasteiger charge is 2.54. The van der Waals surface area contributed by atoms with Gasteiger partial charge in [-0.05, 0) is 37.8 Å². The lowest BCUT2D eigenvalue weighted by molar-refractivity contribution is -0.140. The third-order valence-corrected chi connectivity index (χ3v) is 4.51. The van der Waals surface area contributed by atoms with Crippen molar-refractivity contribution in [1.82, 2.24) is 0 Å². The van der Waals surface area contributed by atoms with Crippen molar-refractivity contribution in [2.45, 2.75) is 38.1 Å². The predicted octanol–water partition coefficient (Wildman–Crippen LogP) is 2.44. The number of rotatable bonds is 1.